The summed E-state index contributed by atoms with van der Waals surface area (Å²) in [4.78, 5) is 15.7. The summed E-state index contributed by atoms with van der Waals surface area (Å²) in [5.74, 6) is 0.520. The maximum absolute atomic E-state index is 11.1. The SMILES string of the molecule is CC(=O)Nc1cccc(OCc2nc3ccccc3c(C)c2Cl)c1. The lowest BCUT2D eigenvalue weighted by molar-refractivity contribution is -0.114. The molecule has 0 saturated carbocycles. The van der Waals surface area contributed by atoms with Gasteiger partial charge in [-0.3, -0.25) is 4.79 Å². The van der Waals surface area contributed by atoms with Gasteiger partial charge >= 0.3 is 0 Å². The van der Waals surface area contributed by atoms with Crippen molar-refractivity contribution in [3.63, 3.8) is 0 Å². The van der Waals surface area contributed by atoms with Crippen LogP contribution in [0.2, 0.25) is 5.02 Å². The number of para-hydroxylation sites is 1. The van der Waals surface area contributed by atoms with Crippen LogP contribution in [0.15, 0.2) is 48.5 Å². The smallest absolute Gasteiger partial charge is 0.221 e. The highest BCUT2D eigenvalue weighted by atomic mass is 35.5. The Kier molecular flexibility index (Phi) is 4.67. The van der Waals surface area contributed by atoms with Crippen LogP contribution in [0.4, 0.5) is 5.69 Å². The Morgan fingerprint density at radius 2 is 2.00 bits per heavy atom. The van der Waals surface area contributed by atoms with Crippen molar-refractivity contribution in [3.05, 3.63) is 64.8 Å². The van der Waals surface area contributed by atoms with E-state index in [1.54, 1.807) is 12.1 Å². The van der Waals surface area contributed by atoms with Gasteiger partial charge in [0.05, 0.1) is 16.2 Å². The molecule has 1 aromatic heterocycles. The van der Waals surface area contributed by atoms with Crippen LogP contribution in [0.5, 0.6) is 5.75 Å². The third-order valence-electron chi connectivity index (χ3n) is 3.68. The topological polar surface area (TPSA) is 51.2 Å². The fourth-order valence-corrected chi connectivity index (χ4v) is 2.73. The molecule has 1 N–H and O–H groups in total. The number of pyridine rings is 1. The average Bonchev–Trinajstić information content (AvgIpc) is 2.57. The van der Waals surface area contributed by atoms with Crippen LogP contribution in [0.1, 0.15) is 18.2 Å². The van der Waals surface area contributed by atoms with Gasteiger partial charge in [0.2, 0.25) is 5.91 Å². The first-order valence-corrected chi connectivity index (χ1v) is 7.96. The van der Waals surface area contributed by atoms with Crippen molar-refractivity contribution in [1.29, 1.82) is 0 Å². The average molecular weight is 341 g/mol. The quantitative estimate of drug-likeness (QED) is 0.746. The van der Waals surface area contributed by atoms with Gasteiger partial charge in [-0.15, -0.1) is 0 Å². The molecule has 0 bridgehead atoms. The molecule has 5 heteroatoms. The second kappa shape index (κ2) is 6.89. The summed E-state index contributed by atoms with van der Waals surface area (Å²) in [5.41, 5.74) is 3.27. The number of anilines is 1. The lowest BCUT2D eigenvalue weighted by Crippen LogP contribution is -2.06. The second-order valence-corrected chi connectivity index (χ2v) is 5.89. The van der Waals surface area contributed by atoms with Crippen molar-refractivity contribution in [2.75, 3.05) is 5.32 Å². The van der Waals surface area contributed by atoms with Crippen LogP contribution in [0.3, 0.4) is 0 Å². The lowest BCUT2D eigenvalue weighted by atomic mass is 10.1. The number of aryl methyl sites for hydroxylation is 1. The van der Waals surface area contributed by atoms with E-state index in [-0.39, 0.29) is 12.5 Å². The molecule has 3 rings (SSSR count). The molecular formula is C19H17ClN2O2. The van der Waals surface area contributed by atoms with E-state index < -0.39 is 0 Å². The molecule has 2 aromatic carbocycles. The van der Waals surface area contributed by atoms with Gasteiger partial charge in [0, 0.05) is 24.1 Å². The molecule has 24 heavy (non-hydrogen) atoms. The first kappa shape index (κ1) is 16.3. The van der Waals surface area contributed by atoms with Crippen molar-refractivity contribution in [2.24, 2.45) is 0 Å². The molecule has 0 aliphatic heterocycles. The number of halogens is 1. The highest BCUT2D eigenvalue weighted by Crippen LogP contribution is 2.28. The van der Waals surface area contributed by atoms with Crippen LogP contribution in [-0.2, 0) is 11.4 Å². The molecule has 0 spiro atoms. The van der Waals surface area contributed by atoms with Gasteiger partial charge in [-0.2, -0.15) is 0 Å². The minimum absolute atomic E-state index is 0.123. The number of rotatable bonds is 4. The molecule has 0 radical (unpaired) electrons. The normalized spacial score (nSPS) is 10.6. The number of hydrogen-bond acceptors (Lipinski definition) is 3. The molecule has 0 aliphatic rings. The number of aromatic nitrogens is 1. The lowest BCUT2D eigenvalue weighted by Gasteiger charge is -2.12. The number of carbonyl (C=O) groups excluding carboxylic acids is 1. The number of benzene rings is 2. The van der Waals surface area contributed by atoms with Gasteiger partial charge in [-0.1, -0.05) is 35.9 Å². The fourth-order valence-electron chi connectivity index (χ4n) is 2.53. The van der Waals surface area contributed by atoms with E-state index >= 15 is 0 Å². The van der Waals surface area contributed by atoms with Crippen molar-refractivity contribution < 1.29 is 9.53 Å². The Morgan fingerprint density at radius 3 is 2.79 bits per heavy atom. The third-order valence-corrected chi connectivity index (χ3v) is 4.18. The van der Waals surface area contributed by atoms with E-state index in [4.69, 9.17) is 16.3 Å². The Bertz CT molecular complexity index is 909. The Labute approximate surface area is 145 Å². The number of ether oxygens (including phenoxy) is 1. The number of hydrogen-bond donors (Lipinski definition) is 1. The summed E-state index contributed by atoms with van der Waals surface area (Å²) in [6.45, 7) is 3.70. The van der Waals surface area contributed by atoms with Crippen LogP contribution in [0, 0.1) is 6.92 Å². The molecule has 3 aromatic rings. The largest absolute Gasteiger partial charge is 0.487 e. The van der Waals surface area contributed by atoms with Crippen LogP contribution < -0.4 is 10.1 Å². The minimum atomic E-state index is -0.123. The summed E-state index contributed by atoms with van der Waals surface area (Å²) < 4.78 is 5.80. The molecule has 0 fully saturated rings. The van der Waals surface area contributed by atoms with E-state index in [1.165, 1.54) is 6.92 Å². The molecule has 0 aliphatic carbocycles. The molecule has 1 heterocycles. The van der Waals surface area contributed by atoms with Gasteiger partial charge in [-0.25, -0.2) is 4.98 Å². The van der Waals surface area contributed by atoms with Gasteiger partial charge in [0.25, 0.3) is 0 Å². The number of amides is 1. The second-order valence-electron chi connectivity index (χ2n) is 5.51. The van der Waals surface area contributed by atoms with E-state index in [9.17, 15) is 4.79 Å². The maximum Gasteiger partial charge on any atom is 0.221 e. The molecule has 1 amide bonds. The number of carbonyl (C=O) groups is 1. The number of nitrogens with zero attached hydrogens (tertiary/aromatic N) is 1. The zero-order valence-corrected chi connectivity index (χ0v) is 14.2. The highest BCUT2D eigenvalue weighted by Gasteiger charge is 2.11. The molecule has 0 unspecified atom stereocenters. The molecule has 122 valence electrons. The van der Waals surface area contributed by atoms with Gasteiger partial charge in [-0.05, 0) is 30.7 Å². The number of fused-ring (bicyclic) bond motifs is 1. The van der Waals surface area contributed by atoms with Crippen molar-refractivity contribution >= 4 is 34.1 Å². The summed E-state index contributed by atoms with van der Waals surface area (Å²) in [5, 5.41) is 4.39. The predicted octanol–water partition coefficient (Wildman–Crippen LogP) is 4.73. The standard InChI is InChI=1S/C19H17ClN2O2/c1-12-16-8-3-4-9-17(16)22-18(19(12)20)11-24-15-7-5-6-14(10-15)21-13(2)23/h3-10H,11H2,1-2H3,(H,21,23). The predicted molar refractivity (Wildman–Crippen MR) is 96.6 cm³/mol. The summed E-state index contributed by atoms with van der Waals surface area (Å²) >= 11 is 6.44. The zero-order chi connectivity index (χ0) is 17.1. The minimum Gasteiger partial charge on any atom is -0.487 e. The van der Waals surface area contributed by atoms with Gasteiger partial charge < -0.3 is 10.1 Å². The van der Waals surface area contributed by atoms with Gasteiger partial charge in [0.15, 0.2) is 0 Å². The Morgan fingerprint density at radius 1 is 1.21 bits per heavy atom. The van der Waals surface area contributed by atoms with E-state index in [2.05, 4.69) is 10.3 Å². The third kappa shape index (κ3) is 3.49. The number of nitrogens with one attached hydrogen (secondary N) is 1. The van der Waals surface area contributed by atoms with Crippen molar-refractivity contribution in [2.45, 2.75) is 20.5 Å². The fraction of sp³-hybridized carbons (Fsp3) is 0.158. The van der Waals surface area contributed by atoms with Crippen LogP contribution in [-0.4, -0.2) is 10.9 Å². The molecule has 4 nitrogen and oxygen atoms in total. The van der Waals surface area contributed by atoms with Crippen molar-refractivity contribution in [3.8, 4) is 5.75 Å². The maximum atomic E-state index is 11.1. The van der Waals surface area contributed by atoms with Crippen molar-refractivity contribution in [1.82, 2.24) is 4.98 Å². The summed E-state index contributed by atoms with van der Waals surface area (Å²) in [7, 11) is 0. The Balaban J connectivity index is 1.83. The highest BCUT2D eigenvalue weighted by molar-refractivity contribution is 6.32. The zero-order valence-electron chi connectivity index (χ0n) is 13.5. The molecule has 0 atom stereocenters. The summed E-state index contributed by atoms with van der Waals surface area (Å²) in [6, 6.07) is 15.1. The summed E-state index contributed by atoms with van der Waals surface area (Å²) in [6.07, 6.45) is 0. The first-order chi connectivity index (χ1) is 11.5. The van der Waals surface area contributed by atoms with E-state index in [0.717, 1.165) is 16.5 Å². The van der Waals surface area contributed by atoms with Crippen LogP contribution >= 0.6 is 11.6 Å². The van der Waals surface area contributed by atoms with E-state index in [0.29, 0.717) is 22.2 Å². The van der Waals surface area contributed by atoms with Gasteiger partial charge in [0.1, 0.15) is 12.4 Å². The van der Waals surface area contributed by atoms with E-state index in [1.807, 2.05) is 43.3 Å². The Hall–Kier alpha value is -2.59. The molecular weight excluding hydrogens is 324 g/mol. The monoisotopic (exact) mass is 340 g/mol. The first-order valence-electron chi connectivity index (χ1n) is 7.59. The molecule has 0 saturated heterocycles. The van der Waals surface area contributed by atoms with Crippen LogP contribution in [0.25, 0.3) is 10.9 Å².